The van der Waals surface area contributed by atoms with E-state index in [-0.39, 0.29) is 11.5 Å². The topological polar surface area (TPSA) is 88.6 Å². The summed E-state index contributed by atoms with van der Waals surface area (Å²) in [6, 6.07) is 7.01. The van der Waals surface area contributed by atoms with Crippen molar-refractivity contribution >= 4 is 12.2 Å². The van der Waals surface area contributed by atoms with Gasteiger partial charge < -0.3 is 9.47 Å². The summed E-state index contributed by atoms with van der Waals surface area (Å²) in [5.41, 5.74) is 3.98. The van der Waals surface area contributed by atoms with Crippen molar-refractivity contribution in [3.63, 3.8) is 0 Å². The normalized spacial score (nSPS) is 11.0. The fourth-order valence-corrected chi connectivity index (χ4v) is 2.08. The number of H-pyrrole nitrogens is 1. The van der Waals surface area contributed by atoms with E-state index in [1.54, 1.807) is 13.3 Å². The maximum absolute atomic E-state index is 11.6. The molecule has 1 heterocycles. The highest BCUT2D eigenvalue weighted by atomic mass is 16.5. The van der Waals surface area contributed by atoms with E-state index in [1.165, 1.54) is 6.07 Å². The van der Waals surface area contributed by atoms with Crippen LogP contribution < -0.4 is 20.5 Å². The molecule has 0 aliphatic carbocycles. The molecule has 0 spiro atoms. The van der Waals surface area contributed by atoms with Gasteiger partial charge in [-0.15, -0.1) is 0 Å². The minimum absolute atomic E-state index is 0.153. The SMILES string of the molecule is CCOc1c(/C=N\Nc2nc(C(C)C)cc(=O)[nH]2)cccc1OC. The zero-order valence-electron chi connectivity index (χ0n) is 14.3. The molecule has 2 rings (SSSR count). The largest absolute Gasteiger partial charge is 0.493 e. The van der Waals surface area contributed by atoms with Crippen LogP contribution in [-0.4, -0.2) is 29.9 Å². The Morgan fingerprint density at radius 3 is 2.88 bits per heavy atom. The lowest BCUT2D eigenvalue weighted by Crippen LogP contribution is -2.12. The minimum Gasteiger partial charge on any atom is -0.493 e. The van der Waals surface area contributed by atoms with Crippen molar-refractivity contribution in [2.24, 2.45) is 5.10 Å². The number of rotatable bonds is 7. The predicted molar refractivity (Wildman–Crippen MR) is 94.3 cm³/mol. The number of benzene rings is 1. The van der Waals surface area contributed by atoms with E-state index in [1.807, 2.05) is 39.0 Å². The molecule has 0 saturated heterocycles. The summed E-state index contributed by atoms with van der Waals surface area (Å²) in [6.07, 6.45) is 1.59. The maximum Gasteiger partial charge on any atom is 0.252 e. The summed E-state index contributed by atoms with van der Waals surface area (Å²) in [5, 5.41) is 4.13. The van der Waals surface area contributed by atoms with Gasteiger partial charge in [0, 0.05) is 11.6 Å². The molecular formula is C17H22N4O3. The molecule has 7 nitrogen and oxygen atoms in total. The van der Waals surface area contributed by atoms with Gasteiger partial charge in [0.2, 0.25) is 5.95 Å². The minimum atomic E-state index is -0.220. The fraction of sp³-hybridized carbons (Fsp3) is 0.353. The third kappa shape index (κ3) is 4.34. The molecule has 7 heteroatoms. The number of ether oxygens (including phenoxy) is 2. The van der Waals surface area contributed by atoms with Crippen LogP contribution in [0.1, 0.15) is 37.9 Å². The van der Waals surface area contributed by atoms with Crippen molar-refractivity contribution in [3.05, 3.63) is 45.9 Å². The summed E-state index contributed by atoms with van der Waals surface area (Å²) in [6.45, 7) is 6.36. The standard InChI is InChI=1S/C17H22N4O3/c1-5-24-16-12(7-6-8-14(16)23-4)10-18-21-17-19-13(11(2)3)9-15(22)20-17/h6-11H,5H2,1-4H3,(H2,19,20,21,22)/b18-10-. The quantitative estimate of drug-likeness (QED) is 0.602. The van der Waals surface area contributed by atoms with Crippen molar-refractivity contribution in [1.29, 1.82) is 0 Å². The summed E-state index contributed by atoms with van der Waals surface area (Å²) in [4.78, 5) is 18.6. The third-order valence-corrected chi connectivity index (χ3v) is 3.25. The van der Waals surface area contributed by atoms with E-state index in [9.17, 15) is 4.79 Å². The van der Waals surface area contributed by atoms with Crippen LogP contribution in [0.4, 0.5) is 5.95 Å². The van der Waals surface area contributed by atoms with Crippen molar-refractivity contribution in [1.82, 2.24) is 9.97 Å². The average Bonchev–Trinajstić information content (AvgIpc) is 2.55. The summed E-state index contributed by atoms with van der Waals surface area (Å²) in [7, 11) is 1.59. The van der Waals surface area contributed by atoms with Crippen LogP contribution in [0, 0.1) is 0 Å². The first-order chi connectivity index (χ1) is 11.5. The lowest BCUT2D eigenvalue weighted by molar-refractivity contribution is 0.310. The number of aromatic nitrogens is 2. The number of hydrogen-bond donors (Lipinski definition) is 2. The first kappa shape index (κ1) is 17.5. The molecule has 0 radical (unpaired) electrons. The summed E-state index contributed by atoms with van der Waals surface area (Å²) < 4.78 is 10.9. The van der Waals surface area contributed by atoms with E-state index in [4.69, 9.17) is 9.47 Å². The molecule has 0 fully saturated rings. The van der Waals surface area contributed by atoms with Gasteiger partial charge in [0.1, 0.15) is 0 Å². The van der Waals surface area contributed by atoms with Gasteiger partial charge >= 0.3 is 0 Å². The lowest BCUT2D eigenvalue weighted by Gasteiger charge is -2.11. The van der Waals surface area contributed by atoms with Crippen molar-refractivity contribution in [3.8, 4) is 11.5 Å². The molecule has 0 bridgehead atoms. The number of aromatic amines is 1. The van der Waals surface area contributed by atoms with Crippen molar-refractivity contribution in [2.45, 2.75) is 26.7 Å². The smallest absolute Gasteiger partial charge is 0.252 e. The van der Waals surface area contributed by atoms with Gasteiger partial charge in [-0.3, -0.25) is 9.78 Å². The van der Waals surface area contributed by atoms with Crippen LogP contribution in [0.15, 0.2) is 34.2 Å². The molecule has 2 aromatic rings. The zero-order chi connectivity index (χ0) is 17.5. The highest BCUT2D eigenvalue weighted by Crippen LogP contribution is 2.29. The number of methoxy groups -OCH3 is 1. The Morgan fingerprint density at radius 2 is 2.21 bits per heavy atom. The van der Waals surface area contributed by atoms with Crippen LogP contribution in [-0.2, 0) is 0 Å². The second kappa shape index (κ2) is 8.14. The van der Waals surface area contributed by atoms with Gasteiger partial charge in [-0.2, -0.15) is 5.10 Å². The van der Waals surface area contributed by atoms with E-state index < -0.39 is 0 Å². The number of hydrazone groups is 1. The Balaban J connectivity index is 2.22. The molecule has 0 amide bonds. The zero-order valence-corrected chi connectivity index (χ0v) is 14.3. The predicted octanol–water partition coefficient (Wildman–Crippen LogP) is 2.75. The van der Waals surface area contributed by atoms with E-state index in [2.05, 4.69) is 20.5 Å². The van der Waals surface area contributed by atoms with Crippen molar-refractivity contribution < 1.29 is 9.47 Å². The molecule has 1 aromatic carbocycles. The van der Waals surface area contributed by atoms with E-state index >= 15 is 0 Å². The Morgan fingerprint density at radius 1 is 1.42 bits per heavy atom. The number of para-hydroxylation sites is 1. The maximum atomic E-state index is 11.6. The molecule has 1 aromatic heterocycles. The average molecular weight is 330 g/mol. The van der Waals surface area contributed by atoms with Crippen molar-refractivity contribution in [2.75, 3.05) is 19.1 Å². The molecule has 24 heavy (non-hydrogen) atoms. The second-order valence-electron chi connectivity index (χ2n) is 5.36. The Hall–Kier alpha value is -2.83. The second-order valence-corrected chi connectivity index (χ2v) is 5.36. The highest BCUT2D eigenvalue weighted by molar-refractivity contribution is 5.85. The highest BCUT2D eigenvalue weighted by Gasteiger charge is 2.08. The Bertz CT molecular complexity index is 769. The third-order valence-electron chi connectivity index (χ3n) is 3.25. The van der Waals surface area contributed by atoms with E-state index in [0.717, 1.165) is 5.56 Å². The molecule has 0 aliphatic heterocycles. The Labute approximate surface area is 140 Å². The van der Waals surface area contributed by atoms with Gasteiger partial charge in [-0.25, -0.2) is 10.4 Å². The molecule has 128 valence electrons. The fourth-order valence-electron chi connectivity index (χ4n) is 2.08. The number of hydrogen-bond acceptors (Lipinski definition) is 6. The summed E-state index contributed by atoms with van der Waals surface area (Å²) in [5.74, 6) is 1.70. The van der Waals surface area contributed by atoms with Crippen LogP contribution in [0.2, 0.25) is 0 Å². The first-order valence-corrected chi connectivity index (χ1v) is 7.75. The van der Waals surface area contributed by atoms with Gasteiger partial charge in [0.25, 0.3) is 5.56 Å². The number of nitrogens with one attached hydrogen (secondary N) is 2. The molecule has 0 atom stereocenters. The van der Waals surface area contributed by atoms with Crippen LogP contribution >= 0.6 is 0 Å². The molecule has 2 N–H and O–H groups in total. The van der Waals surface area contributed by atoms with E-state index in [0.29, 0.717) is 29.7 Å². The van der Waals surface area contributed by atoms with Gasteiger partial charge in [0.05, 0.1) is 25.6 Å². The monoisotopic (exact) mass is 330 g/mol. The van der Waals surface area contributed by atoms with Crippen LogP contribution in [0.3, 0.4) is 0 Å². The first-order valence-electron chi connectivity index (χ1n) is 7.75. The van der Waals surface area contributed by atoms with Gasteiger partial charge in [-0.1, -0.05) is 19.9 Å². The number of nitrogens with zero attached hydrogens (tertiary/aromatic N) is 2. The van der Waals surface area contributed by atoms with Crippen LogP contribution in [0.5, 0.6) is 11.5 Å². The van der Waals surface area contributed by atoms with Crippen LogP contribution in [0.25, 0.3) is 0 Å². The molecule has 0 unspecified atom stereocenters. The van der Waals surface area contributed by atoms with Gasteiger partial charge in [0.15, 0.2) is 11.5 Å². The molecular weight excluding hydrogens is 308 g/mol. The Kier molecular flexibility index (Phi) is 5.95. The molecule has 0 saturated carbocycles. The molecule has 0 aliphatic rings. The number of anilines is 1. The lowest BCUT2D eigenvalue weighted by atomic mass is 10.1. The summed E-state index contributed by atoms with van der Waals surface area (Å²) >= 11 is 0. The van der Waals surface area contributed by atoms with Gasteiger partial charge in [-0.05, 0) is 25.0 Å².